The lowest BCUT2D eigenvalue weighted by atomic mass is 10.1. The maximum Gasteiger partial charge on any atom is 0.139 e. The van der Waals surface area contributed by atoms with Gasteiger partial charge in [-0.1, -0.05) is 23.2 Å². The molecule has 0 saturated heterocycles. The van der Waals surface area contributed by atoms with E-state index < -0.39 is 0 Å². The summed E-state index contributed by atoms with van der Waals surface area (Å²) in [5, 5.41) is 4.27. The van der Waals surface area contributed by atoms with Gasteiger partial charge in [0.25, 0.3) is 0 Å². The minimum atomic E-state index is 0.421. The zero-order valence-electron chi connectivity index (χ0n) is 10.4. The van der Waals surface area contributed by atoms with Gasteiger partial charge in [-0.15, -0.1) is 11.3 Å². The summed E-state index contributed by atoms with van der Waals surface area (Å²) < 4.78 is 5.71. The molecule has 0 N–H and O–H groups in total. The lowest BCUT2D eigenvalue weighted by Gasteiger charge is -2.12. The van der Waals surface area contributed by atoms with Crippen LogP contribution in [0.25, 0.3) is 0 Å². The first-order valence-electron chi connectivity index (χ1n) is 5.48. The van der Waals surface area contributed by atoms with E-state index in [0.29, 0.717) is 22.4 Å². The highest BCUT2D eigenvalue weighted by atomic mass is 35.5. The van der Waals surface area contributed by atoms with Gasteiger partial charge in [0.05, 0.1) is 15.7 Å². The molecule has 0 aliphatic heterocycles. The minimum absolute atomic E-state index is 0.421. The fourth-order valence-corrected chi connectivity index (χ4v) is 2.63. The van der Waals surface area contributed by atoms with E-state index in [1.54, 1.807) is 11.3 Å². The van der Waals surface area contributed by atoms with E-state index >= 15 is 0 Å². The molecule has 1 aromatic carbocycles. The summed E-state index contributed by atoms with van der Waals surface area (Å²) in [6, 6.07) is 1.86. The third-order valence-corrected chi connectivity index (χ3v) is 4.48. The van der Waals surface area contributed by atoms with Crippen molar-refractivity contribution < 1.29 is 4.74 Å². The average molecular weight is 302 g/mol. The van der Waals surface area contributed by atoms with Crippen LogP contribution in [0.1, 0.15) is 21.8 Å². The maximum absolute atomic E-state index is 6.21. The Hall–Kier alpha value is -0.770. The minimum Gasteiger partial charge on any atom is -0.486 e. The smallest absolute Gasteiger partial charge is 0.139 e. The summed E-state index contributed by atoms with van der Waals surface area (Å²) in [5.41, 5.74) is 2.73. The summed E-state index contributed by atoms with van der Waals surface area (Å²) >= 11 is 13.9. The van der Waals surface area contributed by atoms with Crippen molar-refractivity contribution in [2.75, 3.05) is 0 Å². The monoisotopic (exact) mass is 301 g/mol. The molecule has 0 fully saturated rings. The second-order valence-corrected chi connectivity index (χ2v) is 5.91. The molecule has 0 saturated carbocycles. The van der Waals surface area contributed by atoms with E-state index in [-0.39, 0.29) is 0 Å². The molecule has 0 aliphatic rings. The molecule has 0 aliphatic carbocycles. The largest absolute Gasteiger partial charge is 0.486 e. The Morgan fingerprint density at radius 1 is 1.22 bits per heavy atom. The van der Waals surface area contributed by atoms with Crippen molar-refractivity contribution in [3.8, 4) is 5.75 Å². The molecule has 0 atom stereocenters. The van der Waals surface area contributed by atoms with Crippen LogP contribution in [0, 0.1) is 20.8 Å². The van der Waals surface area contributed by atoms with Crippen LogP contribution in [0.5, 0.6) is 5.75 Å². The lowest BCUT2D eigenvalue weighted by molar-refractivity contribution is 0.302. The SMILES string of the molecule is Cc1nc(COc2cc(C)c(Cl)c(C)c2Cl)cs1. The first-order chi connectivity index (χ1) is 8.49. The van der Waals surface area contributed by atoms with Crippen LogP contribution in [-0.2, 0) is 6.61 Å². The molecule has 0 bridgehead atoms. The van der Waals surface area contributed by atoms with Crippen LogP contribution in [0.15, 0.2) is 11.4 Å². The molecule has 0 radical (unpaired) electrons. The van der Waals surface area contributed by atoms with Gasteiger partial charge >= 0.3 is 0 Å². The standard InChI is InChI=1S/C13H13Cl2NOS/c1-7-4-11(13(15)8(2)12(7)14)17-5-10-6-18-9(3)16-10/h4,6H,5H2,1-3H3. The quantitative estimate of drug-likeness (QED) is 0.800. The number of ether oxygens (including phenoxy) is 1. The molecule has 1 aromatic heterocycles. The Balaban J connectivity index is 2.19. The van der Waals surface area contributed by atoms with Crippen LogP contribution < -0.4 is 4.74 Å². The second-order valence-electron chi connectivity index (χ2n) is 4.09. The van der Waals surface area contributed by atoms with Crippen LogP contribution in [0.4, 0.5) is 0 Å². The highest BCUT2D eigenvalue weighted by molar-refractivity contribution is 7.09. The molecule has 0 amide bonds. The number of rotatable bonds is 3. The maximum atomic E-state index is 6.21. The van der Waals surface area contributed by atoms with Gasteiger partial charge in [-0.2, -0.15) is 0 Å². The van der Waals surface area contributed by atoms with Gasteiger partial charge in [-0.25, -0.2) is 4.98 Å². The molecule has 0 spiro atoms. The lowest BCUT2D eigenvalue weighted by Crippen LogP contribution is -1.98. The van der Waals surface area contributed by atoms with E-state index in [1.807, 2.05) is 32.2 Å². The van der Waals surface area contributed by atoms with Crippen molar-refractivity contribution in [2.24, 2.45) is 0 Å². The van der Waals surface area contributed by atoms with Gasteiger partial charge in [-0.3, -0.25) is 0 Å². The predicted molar refractivity (Wildman–Crippen MR) is 77.1 cm³/mol. The summed E-state index contributed by atoms with van der Waals surface area (Å²) in [6.45, 7) is 6.21. The molecular formula is C13H13Cl2NOS. The van der Waals surface area contributed by atoms with Crippen molar-refractivity contribution >= 4 is 34.5 Å². The molecule has 2 nitrogen and oxygen atoms in total. The van der Waals surface area contributed by atoms with Crippen molar-refractivity contribution in [3.63, 3.8) is 0 Å². The summed E-state index contributed by atoms with van der Waals surface area (Å²) in [4.78, 5) is 4.34. The molecule has 5 heteroatoms. The van der Waals surface area contributed by atoms with Crippen molar-refractivity contribution in [1.29, 1.82) is 0 Å². The Morgan fingerprint density at radius 3 is 2.56 bits per heavy atom. The van der Waals surface area contributed by atoms with Crippen LogP contribution >= 0.6 is 34.5 Å². The van der Waals surface area contributed by atoms with Gasteiger partial charge in [-0.05, 0) is 38.0 Å². The molecular weight excluding hydrogens is 289 g/mol. The number of aromatic nitrogens is 1. The Labute approximate surface area is 121 Å². The van der Waals surface area contributed by atoms with E-state index in [0.717, 1.165) is 21.8 Å². The number of hydrogen-bond acceptors (Lipinski definition) is 3. The van der Waals surface area contributed by atoms with Crippen molar-refractivity contribution in [3.05, 3.63) is 43.3 Å². The van der Waals surface area contributed by atoms with Gasteiger partial charge in [0.2, 0.25) is 0 Å². The van der Waals surface area contributed by atoms with Gasteiger partial charge in [0.15, 0.2) is 0 Å². The molecule has 0 unspecified atom stereocenters. The summed E-state index contributed by atoms with van der Waals surface area (Å²) in [6.07, 6.45) is 0. The van der Waals surface area contributed by atoms with Crippen LogP contribution in [0.3, 0.4) is 0 Å². The number of nitrogens with zero attached hydrogens (tertiary/aromatic N) is 1. The number of thiazole rings is 1. The first-order valence-corrected chi connectivity index (χ1v) is 7.11. The highest BCUT2D eigenvalue weighted by Crippen LogP contribution is 2.35. The fourth-order valence-electron chi connectivity index (χ4n) is 1.63. The van der Waals surface area contributed by atoms with E-state index in [2.05, 4.69) is 4.98 Å². The molecule has 18 heavy (non-hydrogen) atoms. The average Bonchev–Trinajstić information content (AvgIpc) is 2.75. The molecule has 2 aromatic rings. The number of hydrogen-bond donors (Lipinski definition) is 0. The highest BCUT2D eigenvalue weighted by Gasteiger charge is 2.11. The predicted octanol–water partition coefficient (Wildman–Crippen LogP) is 4.95. The van der Waals surface area contributed by atoms with E-state index in [1.165, 1.54) is 0 Å². The second kappa shape index (κ2) is 5.47. The zero-order valence-corrected chi connectivity index (χ0v) is 12.7. The van der Waals surface area contributed by atoms with E-state index in [9.17, 15) is 0 Å². The molecule has 2 rings (SSSR count). The number of benzene rings is 1. The number of aryl methyl sites for hydroxylation is 2. The molecule has 1 heterocycles. The fraction of sp³-hybridized carbons (Fsp3) is 0.308. The third-order valence-electron chi connectivity index (χ3n) is 2.61. The van der Waals surface area contributed by atoms with Crippen molar-refractivity contribution in [1.82, 2.24) is 4.98 Å². The third kappa shape index (κ3) is 2.79. The summed E-state index contributed by atoms with van der Waals surface area (Å²) in [7, 11) is 0. The summed E-state index contributed by atoms with van der Waals surface area (Å²) in [5.74, 6) is 0.654. The first kappa shape index (κ1) is 13.7. The van der Waals surface area contributed by atoms with Gasteiger partial charge in [0.1, 0.15) is 12.4 Å². The Kier molecular flexibility index (Phi) is 4.15. The Bertz CT molecular complexity index is 581. The Morgan fingerprint density at radius 2 is 1.94 bits per heavy atom. The van der Waals surface area contributed by atoms with Gasteiger partial charge in [0, 0.05) is 10.4 Å². The van der Waals surface area contributed by atoms with Gasteiger partial charge < -0.3 is 4.74 Å². The number of halogens is 2. The zero-order chi connectivity index (χ0) is 13.3. The van der Waals surface area contributed by atoms with Crippen molar-refractivity contribution in [2.45, 2.75) is 27.4 Å². The van der Waals surface area contributed by atoms with E-state index in [4.69, 9.17) is 27.9 Å². The normalized spacial score (nSPS) is 10.7. The van der Waals surface area contributed by atoms with Crippen LogP contribution in [-0.4, -0.2) is 4.98 Å². The molecule has 96 valence electrons. The topological polar surface area (TPSA) is 22.1 Å². The van der Waals surface area contributed by atoms with Crippen LogP contribution in [0.2, 0.25) is 10.0 Å².